The van der Waals surface area contributed by atoms with Crippen molar-refractivity contribution in [1.29, 1.82) is 0 Å². The number of hydrogen-bond donors (Lipinski definition) is 1. The van der Waals surface area contributed by atoms with Gasteiger partial charge in [0.1, 0.15) is 5.69 Å². The van der Waals surface area contributed by atoms with Gasteiger partial charge in [-0.05, 0) is 38.7 Å². The summed E-state index contributed by atoms with van der Waals surface area (Å²) in [5, 5.41) is 9.43. The van der Waals surface area contributed by atoms with Crippen LogP contribution in [0.25, 0.3) is 22.4 Å². The number of benzene rings is 2. The van der Waals surface area contributed by atoms with Crippen LogP contribution in [0.4, 0.5) is 13.2 Å². The van der Waals surface area contributed by atoms with Crippen molar-refractivity contribution >= 4 is 10.0 Å². The van der Waals surface area contributed by atoms with Crippen molar-refractivity contribution < 1.29 is 21.6 Å². The predicted molar refractivity (Wildman–Crippen MR) is 113 cm³/mol. The molecule has 0 fully saturated rings. The summed E-state index contributed by atoms with van der Waals surface area (Å²) < 4.78 is 66.6. The lowest BCUT2D eigenvalue weighted by atomic mass is 9.98. The number of likely N-dealkylation sites (N-methyl/N-ethyl adjacent to an activating group) is 1. The average molecular weight is 453 g/mol. The number of nitrogens with zero attached hydrogens (tertiary/aromatic N) is 3. The van der Waals surface area contributed by atoms with E-state index < -0.39 is 21.9 Å². The minimum absolute atomic E-state index is 0.0377. The van der Waals surface area contributed by atoms with Crippen molar-refractivity contribution in [3.8, 4) is 22.4 Å². The largest absolute Gasteiger partial charge is 0.433 e. The monoisotopic (exact) mass is 452 g/mol. The zero-order valence-corrected chi connectivity index (χ0v) is 18.1. The SMILES string of the molecule is Cc1ccc(-c2c(-c3ccc(S(N)(=O)=O)cc3)nn(CCN(C)C)c2C(F)(F)F)cc1. The van der Waals surface area contributed by atoms with Crippen molar-refractivity contribution in [1.82, 2.24) is 14.7 Å². The molecule has 0 radical (unpaired) electrons. The standard InChI is InChI=1S/C21H23F3N4O2S/c1-14-4-6-15(7-5-14)18-19(16-8-10-17(11-9-16)31(25,29)30)26-28(13-12-27(2)3)20(18)21(22,23)24/h4-11H,12-13H2,1-3H3,(H2,25,29,30). The fourth-order valence-corrected chi connectivity index (χ4v) is 3.72. The van der Waals surface area contributed by atoms with E-state index in [1.807, 2.05) is 6.92 Å². The zero-order valence-electron chi connectivity index (χ0n) is 17.3. The van der Waals surface area contributed by atoms with Crippen molar-refractivity contribution in [3.63, 3.8) is 0 Å². The number of sulfonamides is 1. The number of nitrogens with two attached hydrogens (primary N) is 1. The quantitative estimate of drug-likeness (QED) is 0.618. The van der Waals surface area contributed by atoms with Crippen LogP contribution in [0.2, 0.25) is 0 Å². The molecule has 0 spiro atoms. The van der Waals surface area contributed by atoms with Gasteiger partial charge in [-0.15, -0.1) is 0 Å². The third-order valence-corrected chi connectivity index (χ3v) is 5.71. The zero-order chi connectivity index (χ0) is 23.0. The molecule has 0 saturated carbocycles. The molecule has 0 aliphatic carbocycles. The van der Waals surface area contributed by atoms with Gasteiger partial charge in [0.25, 0.3) is 0 Å². The Bertz CT molecular complexity index is 1170. The van der Waals surface area contributed by atoms with Crippen molar-refractivity contribution in [2.45, 2.75) is 24.5 Å². The molecule has 166 valence electrons. The lowest BCUT2D eigenvalue weighted by Crippen LogP contribution is -2.23. The lowest BCUT2D eigenvalue weighted by molar-refractivity contribution is -0.143. The minimum atomic E-state index is -4.64. The summed E-state index contributed by atoms with van der Waals surface area (Å²) in [5.74, 6) is 0. The predicted octanol–water partition coefficient (Wildman–Crippen LogP) is 3.75. The highest BCUT2D eigenvalue weighted by atomic mass is 32.2. The van der Waals surface area contributed by atoms with E-state index in [0.29, 0.717) is 17.7 Å². The van der Waals surface area contributed by atoms with Crippen LogP contribution in [0.15, 0.2) is 53.4 Å². The second kappa shape index (κ2) is 8.45. The molecule has 10 heteroatoms. The van der Waals surface area contributed by atoms with Gasteiger partial charge in [0.2, 0.25) is 10.0 Å². The first kappa shape index (κ1) is 23.0. The number of hydrogen-bond acceptors (Lipinski definition) is 4. The van der Waals surface area contributed by atoms with Crippen LogP contribution in [-0.2, 0) is 22.7 Å². The van der Waals surface area contributed by atoms with E-state index in [4.69, 9.17) is 5.14 Å². The first-order valence-electron chi connectivity index (χ1n) is 9.41. The normalized spacial score (nSPS) is 12.5. The van der Waals surface area contributed by atoms with E-state index in [2.05, 4.69) is 5.10 Å². The van der Waals surface area contributed by atoms with Crippen LogP contribution in [0.3, 0.4) is 0 Å². The summed E-state index contributed by atoms with van der Waals surface area (Å²) in [5.41, 5.74) is 0.877. The van der Waals surface area contributed by atoms with E-state index in [-0.39, 0.29) is 22.7 Å². The van der Waals surface area contributed by atoms with Gasteiger partial charge in [-0.1, -0.05) is 42.0 Å². The average Bonchev–Trinajstić information content (AvgIpc) is 3.06. The molecule has 1 aromatic heterocycles. The van der Waals surface area contributed by atoms with E-state index >= 15 is 0 Å². The molecule has 0 aliphatic rings. The Balaban J connectivity index is 2.27. The Hall–Kier alpha value is -2.69. The Morgan fingerprint density at radius 2 is 1.55 bits per heavy atom. The number of halogens is 3. The molecular weight excluding hydrogens is 429 g/mol. The number of rotatable bonds is 6. The van der Waals surface area contributed by atoms with Crippen molar-refractivity contribution in [2.75, 3.05) is 20.6 Å². The first-order valence-corrected chi connectivity index (χ1v) is 11.0. The number of aromatic nitrogens is 2. The van der Waals surface area contributed by atoms with E-state index in [1.165, 1.54) is 24.3 Å². The highest BCUT2D eigenvalue weighted by molar-refractivity contribution is 7.89. The van der Waals surface area contributed by atoms with Crippen molar-refractivity contribution in [2.24, 2.45) is 5.14 Å². The molecule has 0 unspecified atom stereocenters. The molecule has 0 aliphatic heterocycles. The number of aryl methyl sites for hydroxylation is 1. The summed E-state index contributed by atoms with van der Waals surface area (Å²) in [6.07, 6.45) is -4.64. The number of alkyl halides is 3. The molecule has 31 heavy (non-hydrogen) atoms. The van der Waals surface area contributed by atoms with Gasteiger partial charge in [0.05, 0.1) is 11.4 Å². The van der Waals surface area contributed by atoms with E-state index in [0.717, 1.165) is 10.2 Å². The molecule has 0 amide bonds. The maximum Gasteiger partial charge on any atom is 0.433 e. The third-order valence-electron chi connectivity index (χ3n) is 4.78. The molecule has 6 nitrogen and oxygen atoms in total. The highest BCUT2D eigenvalue weighted by Gasteiger charge is 2.40. The van der Waals surface area contributed by atoms with Crippen LogP contribution in [0.1, 0.15) is 11.3 Å². The van der Waals surface area contributed by atoms with Crippen molar-refractivity contribution in [3.05, 3.63) is 59.8 Å². The van der Waals surface area contributed by atoms with Gasteiger partial charge in [-0.2, -0.15) is 18.3 Å². The van der Waals surface area contributed by atoms with Crippen LogP contribution in [0, 0.1) is 6.92 Å². The highest BCUT2D eigenvalue weighted by Crippen LogP contribution is 2.42. The topological polar surface area (TPSA) is 81.2 Å². The molecule has 0 saturated heterocycles. The van der Waals surface area contributed by atoms with Gasteiger partial charge in [-0.3, -0.25) is 4.68 Å². The van der Waals surface area contributed by atoms with Crippen LogP contribution >= 0.6 is 0 Å². The van der Waals surface area contributed by atoms with Gasteiger partial charge in [0.15, 0.2) is 5.69 Å². The van der Waals surface area contributed by atoms with Gasteiger partial charge < -0.3 is 4.90 Å². The fourth-order valence-electron chi connectivity index (χ4n) is 3.20. The van der Waals surface area contributed by atoms with Crippen LogP contribution in [0.5, 0.6) is 0 Å². The van der Waals surface area contributed by atoms with Gasteiger partial charge >= 0.3 is 6.18 Å². The van der Waals surface area contributed by atoms with Gasteiger partial charge in [0, 0.05) is 17.7 Å². The summed E-state index contributed by atoms with van der Waals surface area (Å²) in [6, 6.07) is 12.1. The second-order valence-electron chi connectivity index (χ2n) is 7.53. The van der Waals surface area contributed by atoms with Crippen LogP contribution in [-0.4, -0.2) is 43.7 Å². The molecule has 0 bridgehead atoms. The fraction of sp³-hybridized carbons (Fsp3) is 0.286. The molecule has 0 atom stereocenters. The third kappa shape index (κ3) is 5.15. The van der Waals surface area contributed by atoms with E-state index in [9.17, 15) is 21.6 Å². The lowest BCUT2D eigenvalue weighted by Gasteiger charge is -2.15. The summed E-state index contributed by atoms with van der Waals surface area (Å²) in [4.78, 5) is 1.64. The molecule has 3 aromatic rings. The Morgan fingerprint density at radius 3 is 2.03 bits per heavy atom. The van der Waals surface area contributed by atoms with E-state index in [1.54, 1.807) is 43.3 Å². The number of primary sulfonamides is 1. The summed E-state index contributed by atoms with van der Waals surface area (Å²) in [6.45, 7) is 2.25. The maximum absolute atomic E-state index is 14.2. The Labute approximate surface area is 179 Å². The smallest absolute Gasteiger partial charge is 0.308 e. The van der Waals surface area contributed by atoms with Crippen LogP contribution < -0.4 is 5.14 Å². The molecule has 3 rings (SSSR count). The molecule has 2 N–H and O–H groups in total. The summed E-state index contributed by atoms with van der Waals surface area (Å²) in [7, 11) is -0.388. The molecular formula is C21H23F3N4O2S. The minimum Gasteiger partial charge on any atom is -0.308 e. The first-order chi connectivity index (χ1) is 14.4. The second-order valence-corrected chi connectivity index (χ2v) is 9.09. The Kier molecular flexibility index (Phi) is 6.26. The Morgan fingerprint density at radius 1 is 1.00 bits per heavy atom. The molecule has 2 aromatic carbocycles. The van der Waals surface area contributed by atoms with Gasteiger partial charge in [-0.25, -0.2) is 13.6 Å². The maximum atomic E-state index is 14.2. The molecule has 1 heterocycles. The summed E-state index contributed by atoms with van der Waals surface area (Å²) >= 11 is 0.